The smallest absolute Gasteiger partial charge is 0.338 e. The Hall–Kier alpha value is -3.35. The molecule has 0 atom stereocenters. The SMILES string of the molecule is CCOc1ccccc1-c1noc(COC(=O)c2ccc(C)c(O)c2)n1. The second-order valence-corrected chi connectivity index (χ2v) is 5.52. The van der Waals surface area contributed by atoms with Gasteiger partial charge < -0.3 is 19.1 Å². The van der Waals surface area contributed by atoms with E-state index in [9.17, 15) is 9.90 Å². The van der Waals surface area contributed by atoms with Gasteiger partial charge in [0.15, 0.2) is 6.61 Å². The van der Waals surface area contributed by atoms with E-state index >= 15 is 0 Å². The number of esters is 1. The first-order chi connectivity index (χ1) is 12.6. The van der Waals surface area contributed by atoms with Gasteiger partial charge in [-0.3, -0.25) is 0 Å². The maximum atomic E-state index is 12.1. The Morgan fingerprint density at radius 1 is 1.23 bits per heavy atom. The van der Waals surface area contributed by atoms with Crippen molar-refractivity contribution in [2.24, 2.45) is 0 Å². The highest BCUT2D eigenvalue weighted by Crippen LogP contribution is 2.27. The molecule has 0 fully saturated rings. The van der Waals surface area contributed by atoms with Gasteiger partial charge in [-0.15, -0.1) is 0 Å². The third-order valence-electron chi connectivity index (χ3n) is 3.67. The van der Waals surface area contributed by atoms with E-state index in [4.69, 9.17) is 14.0 Å². The van der Waals surface area contributed by atoms with Gasteiger partial charge in [-0.1, -0.05) is 23.4 Å². The van der Waals surface area contributed by atoms with Gasteiger partial charge in [-0.2, -0.15) is 4.98 Å². The van der Waals surface area contributed by atoms with E-state index in [2.05, 4.69) is 10.1 Å². The molecule has 0 amide bonds. The van der Waals surface area contributed by atoms with Crippen LogP contribution in [0.25, 0.3) is 11.4 Å². The number of hydrogen-bond donors (Lipinski definition) is 1. The zero-order valence-corrected chi connectivity index (χ0v) is 14.4. The summed E-state index contributed by atoms with van der Waals surface area (Å²) < 4.78 is 15.8. The molecule has 3 aromatic rings. The summed E-state index contributed by atoms with van der Waals surface area (Å²) in [7, 11) is 0. The maximum Gasteiger partial charge on any atom is 0.338 e. The molecule has 134 valence electrons. The number of aromatic nitrogens is 2. The van der Waals surface area contributed by atoms with Crippen LogP contribution in [0, 0.1) is 6.92 Å². The molecule has 26 heavy (non-hydrogen) atoms. The third-order valence-corrected chi connectivity index (χ3v) is 3.67. The van der Waals surface area contributed by atoms with Gasteiger partial charge in [0.1, 0.15) is 11.5 Å². The highest BCUT2D eigenvalue weighted by molar-refractivity contribution is 5.90. The number of nitrogens with zero attached hydrogens (tertiary/aromatic N) is 2. The molecule has 0 radical (unpaired) electrons. The molecule has 0 saturated carbocycles. The van der Waals surface area contributed by atoms with Crippen LogP contribution < -0.4 is 4.74 Å². The summed E-state index contributed by atoms with van der Waals surface area (Å²) in [4.78, 5) is 16.3. The van der Waals surface area contributed by atoms with Crippen LogP contribution in [0.4, 0.5) is 0 Å². The summed E-state index contributed by atoms with van der Waals surface area (Å²) in [5.41, 5.74) is 1.62. The van der Waals surface area contributed by atoms with Crippen molar-refractivity contribution in [3.05, 3.63) is 59.5 Å². The first-order valence-electron chi connectivity index (χ1n) is 8.10. The molecule has 0 aliphatic heterocycles. The molecule has 0 spiro atoms. The molecular weight excluding hydrogens is 336 g/mol. The fourth-order valence-corrected chi connectivity index (χ4v) is 2.30. The maximum absolute atomic E-state index is 12.1. The minimum atomic E-state index is -0.588. The Labute approximate surface area is 150 Å². The summed E-state index contributed by atoms with van der Waals surface area (Å²) in [6, 6.07) is 11.9. The Bertz CT molecular complexity index is 920. The number of phenolic OH excluding ortho intramolecular Hbond substituents is 1. The van der Waals surface area contributed by atoms with Crippen molar-refractivity contribution < 1.29 is 23.9 Å². The average molecular weight is 354 g/mol. The lowest BCUT2D eigenvalue weighted by Crippen LogP contribution is -2.05. The van der Waals surface area contributed by atoms with Crippen molar-refractivity contribution in [1.29, 1.82) is 0 Å². The van der Waals surface area contributed by atoms with Crippen molar-refractivity contribution in [3.63, 3.8) is 0 Å². The normalized spacial score (nSPS) is 10.5. The predicted octanol–water partition coefficient (Wildman–Crippen LogP) is 3.51. The minimum Gasteiger partial charge on any atom is -0.508 e. The fourth-order valence-electron chi connectivity index (χ4n) is 2.30. The van der Waals surface area contributed by atoms with Crippen LogP contribution >= 0.6 is 0 Å². The molecule has 0 bridgehead atoms. The topological polar surface area (TPSA) is 94.7 Å². The van der Waals surface area contributed by atoms with Crippen molar-refractivity contribution in [2.45, 2.75) is 20.5 Å². The van der Waals surface area contributed by atoms with E-state index in [1.54, 1.807) is 19.1 Å². The lowest BCUT2D eigenvalue weighted by Gasteiger charge is -2.06. The summed E-state index contributed by atoms with van der Waals surface area (Å²) in [5.74, 6) is 0.611. The number of benzene rings is 2. The van der Waals surface area contributed by atoms with Crippen LogP contribution in [0.3, 0.4) is 0 Å². The highest BCUT2D eigenvalue weighted by Gasteiger charge is 2.15. The number of carbonyl (C=O) groups is 1. The van der Waals surface area contributed by atoms with E-state index in [-0.39, 0.29) is 23.8 Å². The number of hydrogen-bond acceptors (Lipinski definition) is 7. The van der Waals surface area contributed by atoms with Gasteiger partial charge in [0, 0.05) is 0 Å². The van der Waals surface area contributed by atoms with Crippen molar-refractivity contribution >= 4 is 5.97 Å². The number of carbonyl (C=O) groups excluding carboxylic acids is 1. The Morgan fingerprint density at radius 2 is 2.04 bits per heavy atom. The number of rotatable bonds is 6. The predicted molar refractivity (Wildman–Crippen MR) is 92.9 cm³/mol. The second kappa shape index (κ2) is 7.69. The summed E-state index contributed by atoms with van der Waals surface area (Å²) in [6.07, 6.45) is 0. The van der Waals surface area contributed by atoms with Crippen LogP contribution in [-0.2, 0) is 11.3 Å². The molecule has 1 heterocycles. The average Bonchev–Trinajstić information content (AvgIpc) is 3.11. The van der Waals surface area contributed by atoms with Crippen LogP contribution in [0.1, 0.15) is 28.7 Å². The summed E-state index contributed by atoms with van der Waals surface area (Å²) in [6.45, 7) is 3.98. The largest absolute Gasteiger partial charge is 0.508 e. The molecule has 0 unspecified atom stereocenters. The Morgan fingerprint density at radius 3 is 2.81 bits per heavy atom. The molecule has 0 aliphatic carbocycles. The van der Waals surface area contributed by atoms with Gasteiger partial charge in [0.05, 0.1) is 17.7 Å². The van der Waals surface area contributed by atoms with Crippen LogP contribution in [0.5, 0.6) is 11.5 Å². The molecular formula is C19H18N2O5. The van der Waals surface area contributed by atoms with E-state index in [1.165, 1.54) is 6.07 Å². The highest BCUT2D eigenvalue weighted by atomic mass is 16.6. The molecule has 7 heteroatoms. The second-order valence-electron chi connectivity index (χ2n) is 5.52. The Balaban J connectivity index is 1.69. The van der Waals surface area contributed by atoms with Crippen LogP contribution in [0.2, 0.25) is 0 Å². The quantitative estimate of drug-likeness (QED) is 0.677. The Kier molecular flexibility index (Phi) is 5.17. The molecule has 7 nitrogen and oxygen atoms in total. The molecule has 2 aromatic carbocycles. The lowest BCUT2D eigenvalue weighted by atomic mass is 10.1. The van der Waals surface area contributed by atoms with Crippen LogP contribution in [0.15, 0.2) is 47.0 Å². The number of aromatic hydroxyl groups is 1. The fraction of sp³-hybridized carbons (Fsp3) is 0.211. The zero-order chi connectivity index (χ0) is 18.5. The van der Waals surface area contributed by atoms with Crippen molar-refractivity contribution in [3.8, 4) is 22.9 Å². The number of aryl methyl sites for hydroxylation is 1. The summed E-state index contributed by atoms with van der Waals surface area (Å²) in [5, 5.41) is 13.6. The number of ether oxygens (including phenoxy) is 2. The van der Waals surface area contributed by atoms with Crippen LogP contribution in [-0.4, -0.2) is 27.8 Å². The molecule has 0 saturated heterocycles. The number of phenols is 1. The van der Waals surface area contributed by atoms with E-state index in [0.717, 1.165) is 0 Å². The van der Waals surface area contributed by atoms with Crippen molar-refractivity contribution in [2.75, 3.05) is 6.61 Å². The molecule has 1 N–H and O–H groups in total. The molecule has 3 rings (SSSR count). The van der Waals surface area contributed by atoms with Gasteiger partial charge in [-0.25, -0.2) is 4.79 Å². The lowest BCUT2D eigenvalue weighted by molar-refractivity contribution is 0.0429. The first-order valence-corrected chi connectivity index (χ1v) is 8.10. The first kappa shape index (κ1) is 17.5. The summed E-state index contributed by atoms with van der Waals surface area (Å²) >= 11 is 0. The zero-order valence-electron chi connectivity index (χ0n) is 14.4. The van der Waals surface area contributed by atoms with Gasteiger partial charge in [0.25, 0.3) is 5.89 Å². The molecule has 0 aliphatic rings. The van der Waals surface area contributed by atoms with Crippen molar-refractivity contribution in [1.82, 2.24) is 10.1 Å². The van der Waals surface area contributed by atoms with Gasteiger partial charge in [-0.05, 0) is 43.7 Å². The number of para-hydroxylation sites is 1. The van der Waals surface area contributed by atoms with Gasteiger partial charge in [0.2, 0.25) is 5.82 Å². The molecule has 1 aromatic heterocycles. The third kappa shape index (κ3) is 3.83. The van der Waals surface area contributed by atoms with E-state index in [0.29, 0.717) is 29.3 Å². The van der Waals surface area contributed by atoms with E-state index in [1.807, 2.05) is 31.2 Å². The minimum absolute atomic E-state index is 0.0343. The van der Waals surface area contributed by atoms with Gasteiger partial charge >= 0.3 is 5.97 Å². The standard InChI is InChI=1S/C19H18N2O5/c1-3-24-16-7-5-4-6-14(16)18-20-17(26-21-18)11-25-19(23)13-9-8-12(2)15(22)10-13/h4-10,22H,3,11H2,1-2H3. The monoisotopic (exact) mass is 354 g/mol. The van der Waals surface area contributed by atoms with E-state index < -0.39 is 5.97 Å².